The molecule has 0 saturated carbocycles. The molecule has 0 saturated heterocycles. The molecule has 0 aliphatic rings. The lowest BCUT2D eigenvalue weighted by Crippen LogP contribution is -2.17. The number of alkyl halides is 3. The van der Waals surface area contributed by atoms with Crippen molar-refractivity contribution in [2.45, 2.75) is 40.0 Å². The fourth-order valence-electron chi connectivity index (χ4n) is 3.54. The summed E-state index contributed by atoms with van der Waals surface area (Å²) >= 11 is 0. The highest BCUT2D eigenvalue weighted by Gasteiger charge is 2.30. The number of hydrogen-bond donors (Lipinski definition) is 1. The van der Waals surface area contributed by atoms with Crippen LogP contribution in [0.5, 0.6) is 5.75 Å². The minimum absolute atomic E-state index is 0.0664. The molecule has 2 aromatic carbocycles. The van der Waals surface area contributed by atoms with Crippen LogP contribution in [0.3, 0.4) is 0 Å². The number of aryl methyl sites for hydroxylation is 3. The van der Waals surface area contributed by atoms with Gasteiger partial charge in [0.15, 0.2) is 0 Å². The van der Waals surface area contributed by atoms with Crippen LogP contribution in [0.4, 0.5) is 19.0 Å². The summed E-state index contributed by atoms with van der Waals surface area (Å²) < 4.78 is 51.5. The van der Waals surface area contributed by atoms with E-state index in [0.29, 0.717) is 23.8 Å². The van der Waals surface area contributed by atoms with E-state index in [9.17, 15) is 18.0 Å². The SMILES string of the molecule is Cc1cc(NC(=O)Cc2ccc(OCc3c(C)noc3C)cc2)n(-c2cccc(C(F)(F)F)c2)n1. The maximum absolute atomic E-state index is 13.1. The highest BCUT2D eigenvalue weighted by atomic mass is 19.4. The molecular formula is C25H23F3N4O3. The minimum Gasteiger partial charge on any atom is -0.489 e. The van der Waals surface area contributed by atoms with Crippen LogP contribution in [0, 0.1) is 20.8 Å². The first kappa shape index (κ1) is 24.1. The number of anilines is 1. The molecule has 0 radical (unpaired) electrons. The van der Waals surface area contributed by atoms with Gasteiger partial charge in [0.05, 0.1) is 34.6 Å². The number of nitrogens with one attached hydrogen (secondary N) is 1. The summed E-state index contributed by atoms with van der Waals surface area (Å²) in [6.45, 7) is 5.68. The number of rotatable bonds is 7. The molecule has 0 spiro atoms. The largest absolute Gasteiger partial charge is 0.489 e. The zero-order valence-electron chi connectivity index (χ0n) is 19.3. The molecule has 7 nitrogen and oxygen atoms in total. The van der Waals surface area contributed by atoms with E-state index in [1.54, 1.807) is 37.3 Å². The number of aromatic nitrogens is 3. The normalized spacial score (nSPS) is 11.5. The molecule has 182 valence electrons. The first-order valence-corrected chi connectivity index (χ1v) is 10.8. The predicted molar refractivity (Wildman–Crippen MR) is 122 cm³/mol. The highest BCUT2D eigenvalue weighted by molar-refractivity contribution is 5.91. The van der Waals surface area contributed by atoms with E-state index in [2.05, 4.69) is 15.6 Å². The van der Waals surface area contributed by atoms with Crippen molar-refractivity contribution < 1.29 is 27.2 Å². The average molecular weight is 484 g/mol. The molecule has 0 fully saturated rings. The maximum atomic E-state index is 13.1. The van der Waals surface area contributed by atoms with Crippen molar-refractivity contribution in [3.8, 4) is 11.4 Å². The molecule has 0 unspecified atom stereocenters. The Hall–Kier alpha value is -4.08. The second-order valence-electron chi connectivity index (χ2n) is 8.09. The van der Waals surface area contributed by atoms with Crippen molar-refractivity contribution in [2.24, 2.45) is 0 Å². The van der Waals surface area contributed by atoms with Crippen molar-refractivity contribution >= 4 is 11.7 Å². The summed E-state index contributed by atoms with van der Waals surface area (Å²) in [5.74, 6) is 1.29. The van der Waals surface area contributed by atoms with Gasteiger partial charge in [-0.3, -0.25) is 4.79 Å². The first-order valence-electron chi connectivity index (χ1n) is 10.8. The number of benzene rings is 2. The lowest BCUT2D eigenvalue weighted by atomic mass is 10.1. The molecule has 2 heterocycles. The van der Waals surface area contributed by atoms with E-state index in [1.807, 2.05) is 13.8 Å². The molecule has 35 heavy (non-hydrogen) atoms. The molecule has 2 aromatic heterocycles. The number of nitrogens with zero attached hydrogens (tertiary/aromatic N) is 3. The zero-order valence-corrected chi connectivity index (χ0v) is 19.3. The quantitative estimate of drug-likeness (QED) is 0.371. The predicted octanol–water partition coefficient (Wildman–Crippen LogP) is 5.56. The molecule has 0 atom stereocenters. The van der Waals surface area contributed by atoms with E-state index in [-0.39, 0.29) is 23.8 Å². The van der Waals surface area contributed by atoms with Crippen LogP contribution >= 0.6 is 0 Å². The second-order valence-corrected chi connectivity index (χ2v) is 8.09. The van der Waals surface area contributed by atoms with Crippen molar-refractivity contribution in [1.29, 1.82) is 0 Å². The van der Waals surface area contributed by atoms with Gasteiger partial charge in [0.25, 0.3) is 0 Å². The van der Waals surface area contributed by atoms with Gasteiger partial charge in [0.2, 0.25) is 5.91 Å². The number of halogens is 3. The van der Waals surface area contributed by atoms with Gasteiger partial charge in [-0.25, -0.2) is 4.68 Å². The van der Waals surface area contributed by atoms with E-state index in [4.69, 9.17) is 9.26 Å². The molecule has 1 N–H and O–H groups in total. The van der Waals surface area contributed by atoms with Gasteiger partial charge in [0.1, 0.15) is 23.9 Å². The maximum Gasteiger partial charge on any atom is 0.416 e. The summed E-state index contributed by atoms with van der Waals surface area (Å²) in [4.78, 5) is 12.7. The molecular weight excluding hydrogens is 461 g/mol. The summed E-state index contributed by atoms with van der Waals surface area (Å²) in [5.41, 5.74) is 2.36. The van der Waals surface area contributed by atoms with Crippen LogP contribution in [-0.2, 0) is 24.0 Å². The Morgan fingerprint density at radius 2 is 1.83 bits per heavy atom. The van der Waals surface area contributed by atoms with Crippen molar-refractivity contribution in [3.05, 3.63) is 88.4 Å². The Bertz CT molecular complexity index is 1320. The van der Waals surface area contributed by atoms with Gasteiger partial charge < -0.3 is 14.6 Å². The van der Waals surface area contributed by atoms with Crippen LogP contribution < -0.4 is 10.1 Å². The smallest absolute Gasteiger partial charge is 0.416 e. The Morgan fingerprint density at radius 3 is 2.49 bits per heavy atom. The Morgan fingerprint density at radius 1 is 1.09 bits per heavy atom. The van der Waals surface area contributed by atoms with E-state index in [0.717, 1.165) is 29.0 Å². The summed E-state index contributed by atoms with van der Waals surface area (Å²) in [6.07, 6.45) is -4.42. The van der Waals surface area contributed by atoms with E-state index >= 15 is 0 Å². The van der Waals surface area contributed by atoms with Crippen molar-refractivity contribution in [1.82, 2.24) is 14.9 Å². The van der Waals surface area contributed by atoms with Crippen LogP contribution in [0.1, 0.15) is 33.8 Å². The lowest BCUT2D eigenvalue weighted by Gasteiger charge is -2.12. The zero-order chi connectivity index (χ0) is 25.2. The lowest BCUT2D eigenvalue weighted by molar-refractivity contribution is -0.137. The van der Waals surface area contributed by atoms with Gasteiger partial charge >= 0.3 is 6.18 Å². The third-order valence-electron chi connectivity index (χ3n) is 5.37. The van der Waals surface area contributed by atoms with Crippen LogP contribution in [0.25, 0.3) is 5.69 Å². The van der Waals surface area contributed by atoms with Crippen LogP contribution in [0.15, 0.2) is 59.1 Å². The molecule has 4 rings (SSSR count). The fourth-order valence-corrected chi connectivity index (χ4v) is 3.54. The average Bonchev–Trinajstić information content (AvgIpc) is 3.33. The highest BCUT2D eigenvalue weighted by Crippen LogP contribution is 2.31. The third-order valence-corrected chi connectivity index (χ3v) is 5.37. The van der Waals surface area contributed by atoms with Crippen molar-refractivity contribution in [3.63, 3.8) is 0 Å². The van der Waals surface area contributed by atoms with E-state index in [1.165, 1.54) is 16.8 Å². The first-order chi connectivity index (χ1) is 16.6. The van der Waals surface area contributed by atoms with E-state index < -0.39 is 11.7 Å². The third kappa shape index (κ3) is 5.71. The standard InChI is InChI=1S/C25H23F3N4O3/c1-15-11-23(32(30-15)20-6-4-5-19(13-20)25(26,27)28)29-24(33)12-18-7-9-21(10-8-18)34-14-22-16(2)31-35-17(22)3/h4-11,13H,12,14H2,1-3H3,(H,29,33). The summed E-state index contributed by atoms with van der Waals surface area (Å²) in [7, 11) is 0. The van der Waals surface area contributed by atoms with Crippen LogP contribution in [0.2, 0.25) is 0 Å². The number of ether oxygens (including phenoxy) is 1. The van der Waals surface area contributed by atoms with Crippen LogP contribution in [-0.4, -0.2) is 20.8 Å². The second kappa shape index (κ2) is 9.65. The topological polar surface area (TPSA) is 82.2 Å². The van der Waals surface area contributed by atoms with Gasteiger partial charge in [-0.2, -0.15) is 18.3 Å². The molecule has 1 amide bonds. The number of carbonyl (C=O) groups is 1. The summed E-state index contributed by atoms with van der Waals surface area (Å²) in [6, 6.07) is 13.5. The Balaban J connectivity index is 1.41. The molecule has 4 aromatic rings. The van der Waals surface area contributed by atoms with Gasteiger partial charge in [-0.05, 0) is 56.7 Å². The Kier molecular flexibility index (Phi) is 6.63. The fraction of sp³-hybridized carbons (Fsp3) is 0.240. The van der Waals surface area contributed by atoms with Gasteiger partial charge in [0, 0.05) is 6.07 Å². The minimum atomic E-state index is -4.48. The Labute approximate surface area is 199 Å². The molecule has 0 bridgehead atoms. The monoisotopic (exact) mass is 484 g/mol. The number of carbonyl (C=O) groups excluding carboxylic acids is 1. The molecule has 0 aliphatic carbocycles. The molecule has 10 heteroatoms. The molecule has 0 aliphatic heterocycles. The van der Waals surface area contributed by atoms with Gasteiger partial charge in [-0.15, -0.1) is 0 Å². The number of hydrogen-bond acceptors (Lipinski definition) is 5. The summed E-state index contributed by atoms with van der Waals surface area (Å²) in [5, 5.41) is 10.9. The number of amides is 1. The van der Waals surface area contributed by atoms with Crippen molar-refractivity contribution in [2.75, 3.05) is 5.32 Å². The van der Waals surface area contributed by atoms with Gasteiger partial charge in [-0.1, -0.05) is 23.4 Å².